The van der Waals surface area contributed by atoms with Gasteiger partial charge < -0.3 is 5.32 Å². The normalized spacial score (nSPS) is 13.2. The molecule has 0 aromatic heterocycles. The highest BCUT2D eigenvalue weighted by Crippen LogP contribution is 2.21. The van der Waals surface area contributed by atoms with Crippen molar-refractivity contribution in [3.8, 4) is 0 Å². The molecular formula is C13H31N3O2S. The molecule has 0 saturated carbocycles. The van der Waals surface area contributed by atoms with Crippen molar-refractivity contribution in [3.63, 3.8) is 0 Å². The van der Waals surface area contributed by atoms with Gasteiger partial charge >= 0.3 is 0 Å². The topological polar surface area (TPSA) is 61.4 Å². The summed E-state index contributed by atoms with van der Waals surface area (Å²) in [6.45, 7) is 10.4. The maximum atomic E-state index is 12.3. The molecule has 5 nitrogen and oxygen atoms in total. The molecule has 0 rings (SSSR count). The van der Waals surface area contributed by atoms with E-state index in [1.807, 2.05) is 27.7 Å². The van der Waals surface area contributed by atoms with Gasteiger partial charge in [-0.15, -0.1) is 0 Å². The number of hydrogen-bond acceptors (Lipinski definition) is 3. The van der Waals surface area contributed by atoms with Crippen LogP contribution in [0.2, 0.25) is 0 Å². The Hall–Kier alpha value is -0.170. The van der Waals surface area contributed by atoms with E-state index in [0.29, 0.717) is 6.54 Å². The molecule has 0 fully saturated rings. The monoisotopic (exact) mass is 293 g/mol. The molecule has 0 aliphatic heterocycles. The summed E-state index contributed by atoms with van der Waals surface area (Å²) in [5.41, 5.74) is -0.311. The van der Waals surface area contributed by atoms with Crippen LogP contribution in [-0.2, 0) is 10.2 Å². The maximum absolute atomic E-state index is 12.3. The Balaban J connectivity index is 4.51. The Morgan fingerprint density at radius 3 is 2.00 bits per heavy atom. The van der Waals surface area contributed by atoms with Gasteiger partial charge in [0.25, 0.3) is 10.2 Å². The van der Waals surface area contributed by atoms with Crippen LogP contribution >= 0.6 is 0 Å². The van der Waals surface area contributed by atoms with Crippen molar-refractivity contribution in [1.82, 2.24) is 14.3 Å². The van der Waals surface area contributed by atoms with E-state index < -0.39 is 10.2 Å². The molecule has 0 aromatic carbocycles. The minimum atomic E-state index is -3.39. The molecule has 19 heavy (non-hydrogen) atoms. The van der Waals surface area contributed by atoms with Gasteiger partial charge in [-0.3, -0.25) is 0 Å². The predicted molar refractivity (Wildman–Crippen MR) is 81.5 cm³/mol. The molecule has 0 radical (unpaired) electrons. The average molecular weight is 293 g/mol. The molecule has 0 aromatic rings. The first-order valence-electron chi connectivity index (χ1n) is 7.33. The van der Waals surface area contributed by atoms with Gasteiger partial charge in [0, 0.05) is 19.1 Å². The lowest BCUT2D eigenvalue weighted by molar-refractivity contribution is 0.327. The van der Waals surface area contributed by atoms with E-state index in [1.165, 1.54) is 4.31 Å². The fourth-order valence-electron chi connectivity index (χ4n) is 2.04. The quantitative estimate of drug-likeness (QED) is 0.570. The van der Waals surface area contributed by atoms with Gasteiger partial charge in [0.2, 0.25) is 0 Å². The third-order valence-corrected chi connectivity index (χ3v) is 5.56. The van der Waals surface area contributed by atoms with Gasteiger partial charge in [0.15, 0.2) is 0 Å². The number of nitrogens with one attached hydrogen (secondary N) is 2. The Labute approximate surface area is 119 Å². The van der Waals surface area contributed by atoms with Crippen molar-refractivity contribution in [2.45, 2.75) is 58.9 Å². The highest BCUT2D eigenvalue weighted by molar-refractivity contribution is 7.87. The highest BCUT2D eigenvalue weighted by atomic mass is 32.2. The van der Waals surface area contributed by atoms with Crippen molar-refractivity contribution in [2.24, 2.45) is 0 Å². The second-order valence-corrected chi connectivity index (χ2v) is 6.75. The van der Waals surface area contributed by atoms with Crippen LogP contribution in [0.5, 0.6) is 0 Å². The third kappa shape index (κ3) is 6.21. The van der Waals surface area contributed by atoms with Crippen molar-refractivity contribution in [1.29, 1.82) is 0 Å². The minimum absolute atomic E-state index is 0.311. The first-order valence-corrected chi connectivity index (χ1v) is 8.77. The molecule has 0 aliphatic carbocycles. The van der Waals surface area contributed by atoms with Gasteiger partial charge in [-0.05, 0) is 38.8 Å². The number of hydrogen-bond donors (Lipinski definition) is 2. The second-order valence-electron chi connectivity index (χ2n) is 4.98. The van der Waals surface area contributed by atoms with Crippen molar-refractivity contribution >= 4 is 10.2 Å². The van der Waals surface area contributed by atoms with E-state index in [9.17, 15) is 8.42 Å². The van der Waals surface area contributed by atoms with Gasteiger partial charge in [-0.1, -0.05) is 27.7 Å². The summed E-state index contributed by atoms with van der Waals surface area (Å²) in [4.78, 5) is 0. The Morgan fingerprint density at radius 1 is 1.05 bits per heavy atom. The fourth-order valence-corrected chi connectivity index (χ4v) is 3.55. The average Bonchev–Trinajstić information content (AvgIpc) is 2.40. The molecule has 0 saturated heterocycles. The molecule has 0 spiro atoms. The van der Waals surface area contributed by atoms with E-state index in [0.717, 1.165) is 38.8 Å². The highest BCUT2D eigenvalue weighted by Gasteiger charge is 2.31. The summed E-state index contributed by atoms with van der Waals surface area (Å²) < 4.78 is 28.9. The summed E-state index contributed by atoms with van der Waals surface area (Å²) in [5, 5.41) is 3.19. The second kappa shape index (κ2) is 8.89. The molecule has 6 heteroatoms. The fraction of sp³-hybridized carbons (Fsp3) is 1.00. The van der Waals surface area contributed by atoms with Crippen molar-refractivity contribution < 1.29 is 8.42 Å². The van der Waals surface area contributed by atoms with Crippen LogP contribution in [-0.4, -0.2) is 44.9 Å². The molecular weight excluding hydrogens is 262 g/mol. The lowest BCUT2D eigenvalue weighted by Gasteiger charge is -2.33. The summed E-state index contributed by atoms with van der Waals surface area (Å²) in [7, 11) is -1.75. The van der Waals surface area contributed by atoms with Crippen LogP contribution in [0.25, 0.3) is 0 Å². The first-order chi connectivity index (χ1) is 8.87. The van der Waals surface area contributed by atoms with E-state index in [-0.39, 0.29) is 5.54 Å². The summed E-state index contributed by atoms with van der Waals surface area (Å²) >= 11 is 0. The Kier molecular flexibility index (Phi) is 8.81. The summed E-state index contributed by atoms with van der Waals surface area (Å²) in [5.74, 6) is 0. The Morgan fingerprint density at radius 2 is 1.58 bits per heavy atom. The first kappa shape index (κ1) is 18.8. The van der Waals surface area contributed by atoms with Crippen LogP contribution in [0.1, 0.15) is 53.4 Å². The van der Waals surface area contributed by atoms with Gasteiger partial charge in [0.1, 0.15) is 0 Å². The minimum Gasteiger partial charge on any atom is -0.317 e. The third-order valence-electron chi connectivity index (χ3n) is 3.86. The molecule has 0 bridgehead atoms. The van der Waals surface area contributed by atoms with E-state index in [1.54, 1.807) is 7.05 Å². The van der Waals surface area contributed by atoms with Crippen LogP contribution in [0.3, 0.4) is 0 Å². The van der Waals surface area contributed by atoms with E-state index >= 15 is 0 Å². The largest absolute Gasteiger partial charge is 0.317 e. The summed E-state index contributed by atoms with van der Waals surface area (Å²) in [6.07, 6.45) is 3.25. The van der Waals surface area contributed by atoms with E-state index in [4.69, 9.17) is 0 Å². The van der Waals surface area contributed by atoms with E-state index in [2.05, 4.69) is 10.0 Å². The van der Waals surface area contributed by atoms with Crippen LogP contribution in [0.15, 0.2) is 0 Å². The van der Waals surface area contributed by atoms with Crippen LogP contribution in [0.4, 0.5) is 0 Å². The SMILES string of the molecule is CCNCCCN(C)S(=O)(=O)NC(CC)(CC)CC. The molecule has 0 aliphatic rings. The van der Waals surface area contributed by atoms with Gasteiger partial charge in [0.05, 0.1) is 0 Å². The molecule has 116 valence electrons. The van der Waals surface area contributed by atoms with Crippen LogP contribution < -0.4 is 10.0 Å². The van der Waals surface area contributed by atoms with Gasteiger partial charge in [-0.25, -0.2) is 0 Å². The maximum Gasteiger partial charge on any atom is 0.279 e. The zero-order chi connectivity index (χ0) is 14.9. The van der Waals surface area contributed by atoms with Crippen molar-refractivity contribution in [3.05, 3.63) is 0 Å². The lowest BCUT2D eigenvalue weighted by atomic mass is 9.91. The smallest absolute Gasteiger partial charge is 0.279 e. The Bertz CT molecular complexity index is 319. The van der Waals surface area contributed by atoms with Gasteiger partial charge in [-0.2, -0.15) is 17.4 Å². The molecule has 2 N–H and O–H groups in total. The van der Waals surface area contributed by atoms with Crippen LogP contribution in [0, 0.1) is 0 Å². The lowest BCUT2D eigenvalue weighted by Crippen LogP contribution is -2.52. The predicted octanol–water partition coefficient (Wildman–Crippen LogP) is 1.72. The molecule has 0 amide bonds. The number of nitrogens with zero attached hydrogens (tertiary/aromatic N) is 1. The summed E-state index contributed by atoms with van der Waals surface area (Å²) in [6, 6.07) is 0. The molecule has 0 heterocycles. The standard InChI is InChI=1S/C13H31N3O2S/c1-6-13(7-2,8-3)15-19(17,18)16(5)12-10-11-14-9-4/h14-15H,6-12H2,1-5H3. The molecule has 0 atom stereocenters. The molecule has 0 unspecified atom stereocenters. The van der Waals surface area contributed by atoms with Crippen molar-refractivity contribution in [2.75, 3.05) is 26.7 Å². The zero-order valence-corrected chi connectivity index (χ0v) is 13.9. The zero-order valence-electron chi connectivity index (χ0n) is 13.1. The number of rotatable bonds is 11.